The number of nitrogens with one attached hydrogen (secondary N) is 1. The Balaban J connectivity index is 1.66. The molecule has 1 amide bonds. The van der Waals surface area contributed by atoms with E-state index in [0.29, 0.717) is 29.2 Å². The molecule has 0 aliphatic rings. The lowest BCUT2D eigenvalue weighted by Crippen LogP contribution is -2.29. The van der Waals surface area contributed by atoms with Gasteiger partial charge in [-0.25, -0.2) is 0 Å². The van der Waals surface area contributed by atoms with E-state index in [9.17, 15) is 9.90 Å². The number of carbonyl (C=O) groups is 1. The summed E-state index contributed by atoms with van der Waals surface area (Å²) in [5.74, 6) is 0.737. The number of hydrogen-bond donors (Lipinski definition) is 2. The summed E-state index contributed by atoms with van der Waals surface area (Å²) in [5.41, 5.74) is 2.01. The molecular weight excluding hydrogens is 434 g/mol. The lowest BCUT2D eigenvalue weighted by molar-refractivity contribution is 0.0910. The van der Waals surface area contributed by atoms with E-state index in [2.05, 4.69) is 21.2 Å². The SMILES string of the molecule is COc1ccccc1C(O)CNC(=O)c1ccccc1OCc1ccccc1Br. The maximum atomic E-state index is 12.7. The molecule has 2 N–H and O–H groups in total. The Kier molecular flexibility index (Phi) is 7.27. The highest BCUT2D eigenvalue weighted by Crippen LogP contribution is 2.25. The monoisotopic (exact) mass is 455 g/mol. The van der Waals surface area contributed by atoms with Gasteiger partial charge in [-0.3, -0.25) is 4.79 Å². The van der Waals surface area contributed by atoms with Crippen LogP contribution in [-0.4, -0.2) is 24.7 Å². The first-order valence-electron chi connectivity index (χ1n) is 9.14. The molecule has 0 heterocycles. The number of carbonyl (C=O) groups excluding carboxylic acids is 1. The molecule has 0 spiro atoms. The fourth-order valence-electron chi connectivity index (χ4n) is 2.89. The number of amides is 1. The molecule has 29 heavy (non-hydrogen) atoms. The van der Waals surface area contributed by atoms with Crippen molar-refractivity contribution in [1.82, 2.24) is 5.32 Å². The Bertz CT molecular complexity index is 976. The number of benzene rings is 3. The number of para-hydroxylation sites is 2. The number of hydrogen-bond acceptors (Lipinski definition) is 4. The summed E-state index contributed by atoms with van der Waals surface area (Å²) >= 11 is 3.49. The van der Waals surface area contributed by atoms with Crippen molar-refractivity contribution in [3.8, 4) is 11.5 Å². The molecular formula is C23H22BrNO4. The van der Waals surface area contributed by atoms with Gasteiger partial charge in [0.05, 0.1) is 18.8 Å². The summed E-state index contributed by atoms with van der Waals surface area (Å²) in [7, 11) is 1.54. The molecule has 0 radical (unpaired) electrons. The van der Waals surface area contributed by atoms with Crippen LogP contribution < -0.4 is 14.8 Å². The second-order valence-electron chi connectivity index (χ2n) is 6.34. The van der Waals surface area contributed by atoms with Gasteiger partial charge in [0, 0.05) is 22.1 Å². The van der Waals surface area contributed by atoms with Gasteiger partial charge < -0.3 is 19.9 Å². The van der Waals surface area contributed by atoms with Crippen LogP contribution in [0, 0.1) is 0 Å². The fraction of sp³-hybridized carbons (Fsp3) is 0.174. The predicted molar refractivity (Wildman–Crippen MR) is 115 cm³/mol. The normalized spacial score (nSPS) is 11.6. The van der Waals surface area contributed by atoms with Crippen LogP contribution >= 0.6 is 15.9 Å². The zero-order valence-electron chi connectivity index (χ0n) is 16.0. The van der Waals surface area contributed by atoms with Crippen molar-refractivity contribution in [2.24, 2.45) is 0 Å². The maximum absolute atomic E-state index is 12.7. The maximum Gasteiger partial charge on any atom is 0.255 e. The van der Waals surface area contributed by atoms with Gasteiger partial charge in [-0.1, -0.05) is 64.5 Å². The summed E-state index contributed by atoms with van der Waals surface area (Å²) in [4.78, 5) is 12.7. The second kappa shape index (κ2) is 10.1. The minimum absolute atomic E-state index is 0.0533. The van der Waals surface area contributed by atoms with Crippen molar-refractivity contribution in [2.75, 3.05) is 13.7 Å². The number of methoxy groups -OCH3 is 1. The quantitative estimate of drug-likeness (QED) is 0.524. The third-order valence-electron chi connectivity index (χ3n) is 4.43. The first-order chi connectivity index (χ1) is 14.1. The predicted octanol–water partition coefficient (Wildman–Crippen LogP) is 4.50. The molecule has 3 aromatic rings. The van der Waals surface area contributed by atoms with Crippen LogP contribution in [0.15, 0.2) is 77.3 Å². The number of aliphatic hydroxyl groups excluding tert-OH is 1. The van der Waals surface area contributed by atoms with E-state index < -0.39 is 6.10 Å². The average molecular weight is 456 g/mol. The zero-order chi connectivity index (χ0) is 20.6. The molecule has 5 nitrogen and oxygen atoms in total. The first-order valence-corrected chi connectivity index (χ1v) is 9.94. The summed E-state index contributed by atoms with van der Waals surface area (Å²) in [5, 5.41) is 13.2. The van der Waals surface area contributed by atoms with Crippen LogP contribution in [-0.2, 0) is 6.61 Å². The molecule has 0 aromatic heterocycles. The van der Waals surface area contributed by atoms with E-state index in [4.69, 9.17) is 9.47 Å². The molecule has 3 aromatic carbocycles. The van der Waals surface area contributed by atoms with Gasteiger partial charge >= 0.3 is 0 Å². The minimum atomic E-state index is -0.886. The molecule has 1 unspecified atom stereocenters. The Morgan fingerprint density at radius 2 is 1.66 bits per heavy atom. The fourth-order valence-corrected chi connectivity index (χ4v) is 3.29. The topological polar surface area (TPSA) is 67.8 Å². The van der Waals surface area contributed by atoms with Crippen molar-refractivity contribution in [3.05, 3.63) is 94.0 Å². The lowest BCUT2D eigenvalue weighted by atomic mass is 10.1. The third-order valence-corrected chi connectivity index (χ3v) is 5.20. The Morgan fingerprint density at radius 3 is 2.41 bits per heavy atom. The number of halogens is 1. The molecule has 150 valence electrons. The van der Waals surface area contributed by atoms with Crippen LogP contribution in [0.1, 0.15) is 27.6 Å². The van der Waals surface area contributed by atoms with Crippen LogP contribution in [0.5, 0.6) is 11.5 Å². The molecule has 0 aliphatic carbocycles. The van der Waals surface area contributed by atoms with Crippen molar-refractivity contribution >= 4 is 21.8 Å². The van der Waals surface area contributed by atoms with Crippen molar-refractivity contribution in [1.29, 1.82) is 0 Å². The van der Waals surface area contributed by atoms with Gasteiger partial charge in [0.2, 0.25) is 0 Å². The van der Waals surface area contributed by atoms with Gasteiger partial charge in [-0.05, 0) is 24.3 Å². The third kappa shape index (κ3) is 5.37. The molecule has 3 rings (SSSR count). The molecule has 0 saturated carbocycles. The Hall–Kier alpha value is -2.83. The van der Waals surface area contributed by atoms with Gasteiger partial charge in [-0.2, -0.15) is 0 Å². The molecule has 6 heteroatoms. The Labute approximate surface area is 178 Å². The highest BCUT2D eigenvalue weighted by molar-refractivity contribution is 9.10. The summed E-state index contributed by atoms with van der Waals surface area (Å²) < 4.78 is 12.1. The van der Waals surface area contributed by atoms with Gasteiger partial charge in [0.25, 0.3) is 5.91 Å². The standard InChI is InChI=1S/C23H22BrNO4/c1-28-21-12-6-3-9-17(21)20(26)14-25-23(27)18-10-4-7-13-22(18)29-15-16-8-2-5-11-19(16)24/h2-13,20,26H,14-15H2,1H3,(H,25,27). The first kappa shape index (κ1) is 20.9. The smallest absolute Gasteiger partial charge is 0.255 e. The van der Waals surface area contributed by atoms with Crippen molar-refractivity contribution in [3.63, 3.8) is 0 Å². The summed E-state index contributed by atoms with van der Waals surface area (Å²) in [6.45, 7) is 0.382. The van der Waals surface area contributed by atoms with Crippen LogP contribution in [0.4, 0.5) is 0 Å². The largest absolute Gasteiger partial charge is 0.496 e. The van der Waals surface area contributed by atoms with Crippen molar-refractivity contribution < 1.29 is 19.4 Å². The van der Waals surface area contributed by atoms with E-state index in [0.717, 1.165) is 10.0 Å². The molecule has 0 saturated heterocycles. The highest BCUT2D eigenvalue weighted by Gasteiger charge is 2.17. The summed E-state index contributed by atoms with van der Waals surface area (Å²) in [6.07, 6.45) is -0.886. The molecule has 0 bridgehead atoms. The molecule has 0 fully saturated rings. The lowest BCUT2D eigenvalue weighted by Gasteiger charge is -2.16. The van der Waals surface area contributed by atoms with Gasteiger partial charge in [0.15, 0.2) is 0 Å². The van der Waals surface area contributed by atoms with E-state index in [1.165, 1.54) is 0 Å². The van der Waals surface area contributed by atoms with Crippen molar-refractivity contribution in [2.45, 2.75) is 12.7 Å². The molecule has 1 atom stereocenters. The van der Waals surface area contributed by atoms with E-state index in [1.54, 1.807) is 37.4 Å². The van der Waals surface area contributed by atoms with E-state index in [1.807, 2.05) is 42.5 Å². The Morgan fingerprint density at radius 1 is 1.00 bits per heavy atom. The zero-order valence-corrected chi connectivity index (χ0v) is 17.6. The molecule has 0 aliphatic heterocycles. The van der Waals surface area contributed by atoms with Gasteiger partial charge in [-0.15, -0.1) is 0 Å². The second-order valence-corrected chi connectivity index (χ2v) is 7.20. The van der Waals surface area contributed by atoms with E-state index in [-0.39, 0.29) is 12.5 Å². The minimum Gasteiger partial charge on any atom is -0.496 e. The van der Waals surface area contributed by atoms with E-state index >= 15 is 0 Å². The number of ether oxygens (including phenoxy) is 2. The number of aliphatic hydroxyl groups is 1. The highest BCUT2D eigenvalue weighted by atomic mass is 79.9. The van der Waals surface area contributed by atoms with Gasteiger partial charge in [0.1, 0.15) is 18.1 Å². The van der Waals surface area contributed by atoms with Crippen LogP contribution in [0.25, 0.3) is 0 Å². The average Bonchev–Trinajstić information content (AvgIpc) is 2.76. The summed E-state index contributed by atoms with van der Waals surface area (Å²) in [6, 6.07) is 22.0. The number of rotatable bonds is 8. The van der Waals surface area contributed by atoms with Crippen LogP contribution in [0.2, 0.25) is 0 Å². The van der Waals surface area contributed by atoms with Crippen LogP contribution in [0.3, 0.4) is 0 Å².